The van der Waals surface area contributed by atoms with Crippen molar-refractivity contribution in [3.05, 3.63) is 83.6 Å². The Bertz CT molecular complexity index is 1380. The van der Waals surface area contributed by atoms with Crippen molar-refractivity contribution < 1.29 is 29.2 Å². The number of halogens is 1. The maximum Gasteiger partial charge on any atom is 0.255 e. The highest BCUT2D eigenvalue weighted by Crippen LogP contribution is 2.38. The molecule has 4 N–H and O–H groups in total. The summed E-state index contributed by atoms with van der Waals surface area (Å²) in [7, 11) is 1.99. The van der Waals surface area contributed by atoms with Gasteiger partial charge < -0.3 is 29.9 Å². The molecule has 1 aromatic heterocycles. The molecule has 0 spiro atoms. The van der Waals surface area contributed by atoms with Crippen molar-refractivity contribution in [2.24, 2.45) is 18.4 Å². The van der Waals surface area contributed by atoms with Crippen LogP contribution in [0.5, 0.6) is 5.75 Å². The Balaban J connectivity index is 1.55. The number of allylic oxidation sites excluding steroid dienone is 3. The number of aryl methyl sites for hydroxylation is 1. The maximum atomic E-state index is 14.5. The molecule has 3 aromatic rings. The van der Waals surface area contributed by atoms with E-state index in [4.69, 9.17) is 4.74 Å². The second-order valence-corrected chi connectivity index (χ2v) is 10.4. The van der Waals surface area contributed by atoms with Crippen LogP contribution in [0, 0.1) is 11.3 Å². The summed E-state index contributed by atoms with van der Waals surface area (Å²) in [6.45, 7) is 4.01. The highest BCUT2D eigenvalue weighted by atomic mass is 19.1. The van der Waals surface area contributed by atoms with Crippen LogP contribution in [0.15, 0.2) is 66.9 Å². The quantitative estimate of drug-likeness (QED) is 0.276. The van der Waals surface area contributed by atoms with Gasteiger partial charge in [-0.3, -0.25) is 4.79 Å². The fraction of sp³-hybridized carbons (Fsp3) is 0.387. The molecule has 0 fully saturated rings. The number of nitrogens with one attached hydrogen (secondary N) is 1. The van der Waals surface area contributed by atoms with Crippen LogP contribution < -0.4 is 10.1 Å². The number of aliphatic hydroxyl groups excluding tert-OH is 2. The Hall–Kier alpha value is -3.46. The zero-order valence-electron chi connectivity index (χ0n) is 22.6. The molecule has 0 radical (unpaired) electrons. The van der Waals surface area contributed by atoms with Gasteiger partial charge in [0.25, 0.3) is 5.91 Å². The first kappa shape index (κ1) is 28.5. The largest absolute Gasteiger partial charge is 0.493 e. The van der Waals surface area contributed by atoms with E-state index in [9.17, 15) is 24.5 Å². The minimum absolute atomic E-state index is 0.0904. The van der Waals surface area contributed by atoms with Crippen LogP contribution in [0.2, 0.25) is 0 Å². The first-order valence-corrected chi connectivity index (χ1v) is 13.3. The van der Waals surface area contributed by atoms with Crippen LogP contribution in [-0.4, -0.2) is 58.0 Å². The van der Waals surface area contributed by atoms with E-state index in [1.807, 2.05) is 32.2 Å². The second-order valence-electron chi connectivity index (χ2n) is 10.4. The number of hydrogen-bond donors (Lipinski definition) is 4. The maximum absolute atomic E-state index is 14.5. The third kappa shape index (κ3) is 6.08. The predicted octanol–water partition coefficient (Wildman–Crippen LogP) is 4.16. The first-order chi connectivity index (χ1) is 18.7. The fourth-order valence-corrected chi connectivity index (χ4v) is 4.91. The van der Waals surface area contributed by atoms with E-state index >= 15 is 0 Å². The Morgan fingerprint density at radius 3 is 2.72 bits per heavy atom. The number of rotatable bonds is 11. The molecule has 7 nitrogen and oxygen atoms in total. The normalized spacial score (nSPS) is 19.8. The van der Waals surface area contributed by atoms with Crippen molar-refractivity contribution in [3.8, 4) is 5.75 Å². The van der Waals surface area contributed by atoms with Gasteiger partial charge in [0.2, 0.25) is 0 Å². The SMILES string of the molecule is CCCOc1ccc(C2=CC(C)(C(O)O)C(F)C=C2)cc1C(=O)NCC(CO)Cc1cn(C)c2ccccc12. The molecule has 3 unspecified atom stereocenters. The molecule has 1 aliphatic rings. The molecule has 0 aliphatic heterocycles. The lowest BCUT2D eigenvalue weighted by atomic mass is 9.78. The lowest BCUT2D eigenvalue weighted by Gasteiger charge is -2.33. The Kier molecular flexibility index (Phi) is 8.90. The van der Waals surface area contributed by atoms with Crippen LogP contribution in [0.1, 0.15) is 41.8 Å². The number of fused-ring (bicyclic) bond motifs is 1. The number of amides is 1. The first-order valence-electron chi connectivity index (χ1n) is 13.3. The lowest BCUT2D eigenvalue weighted by Crippen LogP contribution is -2.39. The summed E-state index contributed by atoms with van der Waals surface area (Å²) in [6, 6.07) is 13.2. The summed E-state index contributed by atoms with van der Waals surface area (Å²) < 4.78 is 22.4. The van der Waals surface area contributed by atoms with Gasteiger partial charge in [-0.15, -0.1) is 0 Å². The summed E-state index contributed by atoms with van der Waals surface area (Å²) in [5.41, 5.74) is 2.20. The number of carbonyl (C=O) groups is 1. The molecule has 0 bridgehead atoms. The average Bonchev–Trinajstić information content (AvgIpc) is 3.25. The number of aromatic nitrogens is 1. The average molecular weight is 537 g/mol. The van der Waals surface area contributed by atoms with Gasteiger partial charge in [-0.2, -0.15) is 0 Å². The van der Waals surface area contributed by atoms with E-state index in [0.717, 1.165) is 22.9 Å². The fourth-order valence-electron chi connectivity index (χ4n) is 4.91. The Morgan fingerprint density at radius 1 is 1.23 bits per heavy atom. The van der Waals surface area contributed by atoms with Crippen molar-refractivity contribution in [3.63, 3.8) is 0 Å². The summed E-state index contributed by atoms with van der Waals surface area (Å²) in [4.78, 5) is 13.4. The molecular formula is C31H37FN2O5. The van der Waals surface area contributed by atoms with Gasteiger partial charge in [0.05, 0.1) is 17.6 Å². The van der Waals surface area contributed by atoms with Crippen molar-refractivity contribution in [2.45, 2.75) is 39.2 Å². The minimum atomic E-state index is -1.89. The van der Waals surface area contributed by atoms with E-state index in [2.05, 4.69) is 22.1 Å². The zero-order valence-corrected chi connectivity index (χ0v) is 22.6. The van der Waals surface area contributed by atoms with Gasteiger partial charge in [-0.1, -0.05) is 43.3 Å². The summed E-state index contributed by atoms with van der Waals surface area (Å²) in [5, 5.41) is 33.7. The number of carbonyl (C=O) groups excluding carboxylic acids is 1. The highest BCUT2D eigenvalue weighted by Gasteiger charge is 2.39. The van der Waals surface area contributed by atoms with Crippen LogP contribution in [0.3, 0.4) is 0 Å². The monoisotopic (exact) mass is 536 g/mol. The number of hydrogen-bond acceptors (Lipinski definition) is 5. The van der Waals surface area contributed by atoms with Crippen LogP contribution in [0.4, 0.5) is 4.39 Å². The highest BCUT2D eigenvalue weighted by molar-refractivity contribution is 5.98. The summed E-state index contributed by atoms with van der Waals surface area (Å²) in [6.07, 6.45) is 4.31. The third-order valence-corrected chi connectivity index (χ3v) is 7.38. The molecule has 39 heavy (non-hydrogen) atoms. The number of alkyl halides is 1. The molecule has 4 rings (SSSR count). The van der Waals surface area contributed by atoms with Crippen LogP contribution in [-0.2, 0) is 13.5 Å². The van der Waals surface area contributed by atoms with Crippen LogP contribution >= 0.6 is 0 Å². The van der Waals surface area contributed by atoms with Gasteiger partial charge in [-0.25, -0.2) is 4.39 Å². The van der Waals surface area contributed by atoms with Crippen molar-refractivity contribution >= 4 is 22.4 Å². The minimum Gasteiger partial charge on any atom is -0.493 e. The van der Waals surface area contributed by atoms with Crippen molar-refractivity contribution in [1.82, 2.24) is 9.88 Å². The predicted molar refractivity (Wildman–Crippen MR) is 150 cm³/mol. The molecule has 8 heteroatoms. The zero-order chi connectivity index (χ0) is 28.2. The van der Waals surface area contributed by atoms with E-state index < -0.39 is 17.9 Å². The molecular weight excluding hydrogens is 499 g/mol. The van der Waals surface area contributed by atoms with Gasteiger partial charge in [0.15, 0.2) is 6.29 Å². The van der Waals surface area contributed by atoms with E-state index in [1.54, 1.807) is 24.3 Å². The number of ether oxygens (including phenoxy) is 1. The lowest BCUT2D eigenvalue weighted by molar-refractivity contribution is -0.126. The molecule has 1 amide bonds. The Labute approximate surface area is 228 Å². The standard InChI is InChI=1S/C31H37FN2O5/c1-4-13-39-27-11-9-21(22-10-12-28(32)31(2,16-22)30(37)38)15-25(27)29(36)33-17-20(19-35)14-23-18-34(3)26-8-6-5-7-24(23)26/h5-12,15-16,18,20,28,30,35,37-38H,4,13-14,17,19H2,1-3H3,(H,33,36). The molecule has 1 aliphatic carbocycles. The molecule has 208 valence electrons. The van der Waals surface area contributed by atoms with Gasteiger partial charge in [-0.05, 0) is 60.7 Å². The Morgan fingerprint density at radius 2 is 2.00 bits per heavy atom. The van der Waals surface area contributed by atoms with E-state index in [0.29, 0.717) is 35.5 Å². The summed E-state index contributed by atoms with van der Waals surface area (Å²) >= 11 is 0. The van der Waals surface area contributed by atoms with Crippen molar-refractivity contribution in [2.75, 3.05) is 19.8 Å². The number of nitrogens with zero attached hydrogens (tertiary/aromatic N) is 1. The number of para-hydroxylation sites is 1. The molecule has 1 heterocycles. The van der Waals surface area contributed by atoms with Crippen LogP contribution in [0.25, 0.3) is 16.5 Å². The number of benzene rings is 2. The summed E-state index contributed by atoms with van der Waals surface area (Å²) in [5.74, 6) is -0.130. The molecule has 0 saturated carbocycles. The number of aliphatic hydroxyl groups is 3. The third-order valence-electron chi connectivity index (χ3n) is 7.38. The van der Waals surface area contributed by atoms with E-state index in [-0.39, 0.29) is 25.0 Å². The topological polar surface area (TPSA) is 104 Å². The molecule has 3 atom stereocenters. The van der Waals surface area contributed by atoms with Gasteiger partial charge >= 0.3 is 0 Å². The van der Waals surface area contributed by atoms with Gasteiger partial charge in [0, 0.05) is 43.2 Å². The van der Waals surface area contributed by atoms with Crippen molar-refractivity contribution in [1.29, 1.82) is 0 Å². The second kappa shape index (κ2) is 12.2. The molecule has 2 aromatic carbocycles. The van der Waals surface area contributed by atoms with Gasteiger partial charge in [0.1, 0.15) is 11.9 Å². The molecule has 0 saturated heterocycles. The van der Waals surface area contributed by atoms with E-state index in [1.165, 1.54) is 19.1 Å². The smallest absolute Gasteiger partial charge is 0.255 e.